The van der Waals surface area contributed by atoms with Crippen molar-refractivity contribution in [3.63, 3.8) is 0 Å². The Balaban J connectivity index is 2.07. The average Bonchev–Trinajstić information content (AvgIpc) is 2.48. The molecule has 0 radical (unpaired) electrons. The average molecular weight is 270 g/mol. The highest BCUT2D eigenvalue weighted by atomic mass is 16.3. The van der Waals surface area contributed by atoms with Crippen LogP contribution in [-0.4, -0.2) is 22.7 Å². The quantitative estimate of drug-likeness (QED) is 0.881. The van der Waals surface area contributed by atoms with E-state index in [1.165, 1.54) is 12.8 Å². The van der Waals surface area contributed by atoms with Gasteiger partial charge in [0, 0.05) is 17.1 Å². The zero-order valence-corrected chi connectivity index (χ0v) is 12.2. The summed E-state index contributed by atoms with van der Waals surface area (Å²) in [5.74, 6) is 0. The van der Waals surface area contributed by atoms with Crippen molar-refractivity contribution in [3.8, 4) is 0 Å². The zero-order chi connectivity index (χ0) is 14.1. The van der Waals surface area contributed by atoms with E-state index in [9.17, 15) is 5.11 Å². The number of nitrogens with one attached hydrogen (secondary N) is 1. The Kier molecular flexibility index (Phi) is 3.72. The minimum Gasteiger partial charge on any atom is -0.387 e. The first-order valence-electron chi connectivity index (χ1n) is 7.45. The standard InChI is InChI=1S/C17H22N2O/c1-11-6-5-7-13-14(10-12(2)19-16(11)13)17(20)15-8-3-4-9-18-15/h5-7,10,15,17-18,20H,3-4,8-9H2,1-2H3/t15-,17+/m0/s1. The molecular formula is C17H22N2O. The van der Waals surface area contributed by atoms with Gasteiger partial charge in [0.2, 0.25) is 0 Å². The maximum absolute atomic E-state index is 10.8. The first-order chi connectivity index (χ1) is 9.66. The number of benzene rings is 1. The van der Waals surface area contributed by atoms with Gasteiger partial charge in [0.25, 0.3) is 0 Å². The Morgan fingerprint density at radius 1 is 1.30 bits per heavy atom. The van der Waals surface area contributed by atoms with Crippen molar-refractivity contribution in [2.75, 3.05) is 6.54 Å². The van der Waals surface area contributed by atoms with Crippen LogP contribution in [0, 0.1) is 13.8 Å². The molecule has 0 amide bonds. The van der Waals surface area contributed by atoms with Gasteiger partial charge in [-0.15, -0.1) is 0 Å². The molecule has 0 aliphatic carbocycles. The Morgan fingerprint density at radius 2 is 2.15 bits per heavy atom. The normalized spacial score (nSPS) is 21.1. The Labute approximate surface area is 120 Å². The number of pyridine rings is 1. The second-order valence-electron chi connectivity index (χ2n) is 5.83. The number of nitrogens with zero attached hydrogens (tertiary/aromatic N) is 1. The maximum atomic E-state index is 10.8. The summed E-state index contributed by atoms with van der Waals surface area (Å²) in [5.41, 5.74) is 4.15. The SMILES string of the molecule is Cc1cc([C@@H](O)[C@@H]2CCCCN2)c2cccc(C)c2n1. The van der Waals surface area contributed by atoms with Crippen molar-refractivity contribution in [1.82, 2.24) is 10.3 Å². The van der Waals surface area contributed by atoms with Crippen molar-refractivity contribution < 1.29 is 5.11 Å². The van der Waals surface area contributed by atoms with Crippen molar-refractivity contribution in [3.05, 3.63) is 41.1 Å². The summed E-state index contributed by atoms with van der Waals surface area (Å²) >= 11 is 0. The summed E-state index contributed by atoms with van der Waals surface area (Å²) < 4.78 is 0. The van der Waals surface area contributed by atoms with Gasteiger partial charge in [0.05, 0.1) is 11.6 Å². The van der Waals surface area contributed by atoms with E-state index in [1.807, 2.05) is 19.1 Å². The highest BCUT2D eigenvalue weighted by molar-refractivity contribution is 5.85. The highest BCUT2D eigenvalue weighted by Gasteiger charge is 2.24. The maximum Gasteiger partial charge on any atom is 0.0950 e. The lowest BCUT2D eigenvalue weighted by Crippen LogP contribution is -2.38. The molecule has 20 heavy (non-hydrogen) atoms. The molecule has 1 fully saturated rings. The van der Waals surface area contributed by atoms with E-state index in [2.05, 4.69) is 29.4 Å². The van der Waals surface area contributed by atoms with Gasteiger partial charge in [0.15, 0.2) is 0 Å². The van der Waals surface area contributed by atoms with Crippen LogP contribution in [0.15, 0.2) is 24.3 Å². The lowest BCUT2D eigenvalue weighted by Gasteiger charge is -2.29. The molecule has 3 heteroatoms. The largest absolute Gasteiger partial charge is 0.387 e. The van der Waals surface area contributed by atoms with Crippen molar-refractivity contribution >= 4 is 10.9 Å². The van der Waals surface area contributed by atoms with Crippen LogP contribution in [0.25, 0.3) is 10.9 Å². The molecule has 1 aliphatic rings. The van der Waals surface area contributed by atoms with Gasteiger partial charge < -0.3 is 10.4 Å². The third-order valence-corrected chi connectivity index (χ3v) is 4.25. The fourth-order valence-corrected chi connectivity index (χ4v) is 3.16. The summed E-state index contributed by atoms with van der Waals surface area (Å²) in [5, 5.41) is 15.3. The molecule has 0 unspecified atom stereocenters. The minimum atomic E-state index is -0.457. The molecule has 2 heterocycles. The first-order valence-corrected chi connectivity index (χ1v) is 7.45. The van der Waals surface area contributed by atoms with Gasteiger partial charge in [-0.1, -0.05) is 24.6 Å². The van der Waals surface area contributed by atoms with Crippen LogP contribution in [0.1, 0.15) is 42.2 Å². The molecule has 2 N–H and O–H groups in total. The van der Waals surface area contributed by atoms with E-state index >= 15 is 0 Å². The van der Waals surface area contributed by atoms with Gasteiger partial charge in [0.1, 0.15) is 0 Å². The second-order valence-corrected chi connectivity index (χ2v) is 5.83. The molecule has 0 bridgehead atoms. The Bertz CT molecular complexity index is 618. The molecule has 1 saturated heterocycles. The Hall–Kier alpha value is -1.45. The number of hydrogen-bond acceptors (Lipinski definition) is 3. The molecule has 0 saturated carbocycles. The van der Waals surface area contributed by atoms with E-state index in [4.69, 9.17) is 0 Å². The number of aromatic nitrogens is 1. The first kappa shape index (κ1) is 13.5. The van der Waals surface area contributed by atoms with Crippen LogP contribution >= 0.6 is 0 Å². The summed E-state index contributed by atoms with van der Waals surface area (Å²) in [4.78, 5) is 4.63. The van der Waals surface area contributed by atoms with Gasteiger partial charge >= 0.3 is 0 Å². The van der Waals surface area contributed by atoms with Gasteiger partial charge in [-0.05, 0) is 50.4 Å². The number of aliphatic hydroxyl groups is 1. The topological polar surface area (TPSA) is 45.1 Å². The predicted octanol–water partition coefficient (Wildman–Crippen LogP) is 3.03. The van der Waals surface area contributed by atoms with Crippen LogP contribution in [0.5, 0.6) is 0 Å². The van der Waals surface area contributed by atoms with E-state index in [-0.39, 0.29) is 6.04 Å². The molecule has 3 rings (SSSR count). The van der Waals surface area contributed by atoms with Crippen molar-refractivity contribution in [2.24, 2.45) is 0 Å². The van der Waals surface area contributed by atoms with Crippen molar-refractivity contribution in [2.45, 2.75) is 45.3 Å². The van der Waals surface area contributed by atoms with Crippen LogP contribution in [0.2, 0.25) is 0 Å². The van der Waals surface area contributed by atoms with Crippen molar-refractivity contribution in [1.29, 1.82) is 0 Å². The molecule has 3 nitrogen and oxygen atoms in total. The van der Waals surface area contributed by atoms with Crippen LogP contribution < -0.4 is 5.32 Å². The molecule has 2 atom stereocenters. The minimum absolute atomic E-state index is 0.161. The Morgan fingerprint density at radius 3 is 2.90 bits per heavy atom. The second kappa shape index (κ2) is 5.51. The molecule has 2 aromatic rings. The van der Waals surface area contributed by atoms with Crippen LogP contribution in [-0.2, 0) is 0 Å². The number of hydrogen-bond donors (Lipinski definition) is 2. The number of para-hydroxylation sites is 1. The van der Waals surface area contributed by atoms with E-state index < -0.39 is 6.10 Å². The number of piperidine rings is 1. The van der Waals surface area contributed by atoms with Crippen LogP contribution in [0.4, 0.5) is 0 Å². The predicted molar refractivity (Wildman–Crippen MR) is 81.8 cm³/mol. The number of aliphatic hydroxyl groups excluding tert-OH is 1. The molecule has 1 aromatic carbocycles. The summed E-state index contributed by atoms with van der Waals surface area (Å²) in [7, 11) is 0. The zero-order valence-electron chi connectivity index (χ0n) is 12.2. The fourth-order valence-electron chi connectivity index (χ4n) is 3.16. The smallest absolute Gasteiger partial charge is 0.0950 e. The van der Waals surface area contributed by atoms with E-state index in [0.717, 1.165) is 40.7 Å². The van der Waals surface area contributed by atoms with E-state index in [0.29, 0.717) is 0 Å². The molecule has 0 spiro atoms. The van der Waals surface area contributed by atoms with Gasteiger partial charge in [-0.2, -0.15) is 0 Å². The third kappa shape index (κ3) is 2.43. The summed E-state index contributed by atoms with van der Waals surface area (Å²) in [6.07, 6.45) is 2.98. The lowest BCUT2D eigenvalue weighted by atomic mass is 9.92. The fraction of sp³-hybridized carbons (Fsp3) is 0.471. The highest BCUT2D eigenvalue weighted by Crippen LogP contribution is 2.30. The van der Waals surface area contributed by atoms with Gasteiger partial charge in [-0.25, -0.2) is 0 Å². The monoisotopic (exact) mass is 270 g/mol. The third-order valence-electron chi connectivity index (χ3n) is 4.25. The number of fused-ring (bicyclic) bond motifs is 1. The molecular weight excluding hydrogens is 248 g/mol. The molecule has 1 aromatic heterocycles. The number of aryl methyl sites for hydroxylation is 2. The molecule has 1 aliphatic heterocycles. The molecule has 106 valence electrons. The lowest BCUT2D eigenvalue weighted by molar-refractivity contribution is 0.115. The van der Waals surface area contributed by atoms with Gasteiger partial charge in [-0.3, -0.25) is 4.98 Å². The van der Waals surface area contributed by atoms with E-state index in [1.54, 1.807) is 0 Å². The summed E-state index contributed by atoms with van der Waals surface area (Å²) in [6, 6.07) is 8.37. The number of rotatable bonds is 2. The summed E-state index contributed by atoms with van der Waals surface area (Å²) in [6.45, 7) is 5.07. The van der Waals surface area contributed by atoms with Crippen LogP contribution in [0.3, 0.4) is 0 Å².